The highest BCUT2D eigenvalue weighted by Gasteiger charge is 2.02. The number of nitrogen functional groups attached to an aromatic ring is 1. The molecule has 0 radical (unpaired) electrons. The van der Waals surface area contributed by atoms with Crippen molar-refractivity contribution in [3.05, 3.63) is 30.3 Å². The van der Waals surface area contributed by atoms with Crippen molar-refractivity contribution in [2.45, 2.75) is 0 Å². The molecule has 2 aromatic rings. The van der Waals surface area contributed by atoms with Crippen molar-refractivity contribution in [1.29, 1.82) is 0 Å². The Bertz CT molecular complexity index is 470. The zero-order valence-electron chi connectivity index (χ0n) is 8.31. The summed E-state index contributed by atoms with van der Waals surface area (Å²) < 4.78 is 5.50. The van der Waals surface area contributed by atoms with Gasteiger partial charge in [-0.15, -0.1) is 0 Å². The molecule has 1 heterocycles. The number of ether oxygens (including phenoxy) is 1. The van der Waals surface area contributed by atoms with Crippen molar-refractivity contribution in [2.24, 2.45) is 5.73 Å². The summed E-state index contributed by atoms with van der Waals surface area (Å²) in [5.41, 5.74) is 11.8. The van der Waals surface area contributed by atoms with Gasteiger partial charge in [0.1, 0.15) is 18.2 Å². The predicted octanol–water partition coefficient (Wildman–Crippen LogP) is 1.15. The highest BCUT2D eigenvalue weighted by molar-refractivity contribution is 5.86. The van der Waals surface area contributed by atoms with E-state index in [-0.39, 0.29) is 0 Å². The average Bonchev–Trinajstić information content (AvgIpc) is 2.25. The van der Waals surface area contributed by atoms with Gasteiger partial charge in [-0.2, -0.15) is 0 Å². The Balaban J connectivity index is 2.46. The second-order valence-electron chi connectivity index (χ2n) is 3.20. The van der Waals surface area contributed by atoms with E-state index in [1.54, 1.807) is 6.07 Å². The second kappa shape index (κ2) is 4.14. The summed E-state index contributed by atoms with van der Waals surface area (Å²) in [7, 11) is 0. The van der Waals surface area contributed by atoms with Gasteiger partial charge in [-0.1, -0.05) is 6.07 Å². The molecule has 1 aromatic carbocycles. The number of rotatable bonds is 3. The van der Waals surface area contributed by atoms with Crippen LogP contribution in [-0.2, 0) is 0 Å². The van der Waals surface area contributed by atoms with Crippen molar-refractivity contribution in [3.8, 4) is 5.75 Å². The van der Waals surface area contributed by atoms with Gasteiger partial charge < -0.3 is 16.2 Å². The van der Waals surface area contributed by atoms with Crippen LogP contribution in [-0.4, -0.2) is 18.1 Å². The number of hydrogen-bond acceptors (Lipinski definition) is 4. The number of aromatic nitrogens is 1. The third-order valence-electron chi connectivity index (χ3n) is 2.09. The van der Waals surface area contributed by atoms with Crippen LogP contribution in [0.3, 0.4) is 0 Å². The van der Waals surface area contributed by atoms with E-state index in [2.05, 4.69) is 4.98 Å². The first-order chi connectivity index (χ1) is 7.31. The fraction of sp³-hybridized carbons (Fsp3) is 0.182. The molecule has 0 saturated heterocycles. The van der Waals surface area contributed by atoms with Crippen LogP contribution in [0.15, 0.2) is 30.3 Å². The van der Waals surface area contributed by atoms with Crippen LogP contribution >= 0.6 is 0 Å². The summed E-state index contributed by atoms with van der Waals surface area (Å²) in [6.45, 7) is 1.00. The van der Waals surface area contributed by atoms with E-state index in [9.17, 15) is 0 Å². The molecular weight excluding hydrogens is 190 g/mol. The molecule has 4 nitrogen and oxygen atoms in total. The zero-order chi connectivity index (χ0) is 10.7. The molecule has 0 fully saturated rings. The molecule has 0 atom stereocenters. The van der Waals surface area contributed by atoms with Crippen molar-refractivity contribution >= 4 is 16.7 Å². The van der Waals surface area contributed by atoms with E-state index < -0.39 is 0 Å². The number of nitrogens with zero attached hydrogens (tertiary/aromatic N) is 1. The van der Waals surface area contributed by atoms with Crippen LogP contribution < -0.4 is 16.2 Å². The lowest BCUT2D eigenvalue weighted by Gasteiger charge is -2.07. The molecule has 4 heteroatoms. The Morgan fingerprint density at radius 2 is 2.07 bits per heavy atom. The molecule has 0 unspecified atom stereocenters. The highest BCUT2D eigenvalue weighted by atomic mass is 16.5. The van der Waals surface area contributed by atoms with Crippen LogP contribution in [0.25, 0.3) is 10.9 Å². The lowest BCUT2D eigenvalue weighted by atomic mass is 10.2. The van der Waals surface area contributed by atoms with Gasteiger partial charge in [-0.3, -0.25) is 0 Å². The average molecular weight is 203 g/mol. The van der Waals surface area contributed by atoms with Gasteiger partial charge in [0.05, 0.1) is 5.52 Å². The van der Waals surface area contributed by atoms with Crippen molar-refractivity contribution < 1.29 is 4.74 Å². The fourth-order valence-corrected chi connectivity index (χ4v) is 1.44. The Morgan fingerprint density at radius 1 is 1.20 bits per heavy atom. The van der Waals surface area contributed by atoms with Gasteiger partial charge >= 0.3 is 0 Å². The summed E-state index contributed by atoms with van der Waals surface area (Å²) in [5, 5.41) is 0.958. The Labute approximate surface area is 87.9 Å². The molecule has 0 saturated carbocycles. The van der Waals surface area contributed by atoms with Gasteiger partial charge in [0, 0.05) is 11.9 Å². The van der Waals surface area contributed by atoms with Crippen LogP contribution in [0.4, 0.5) is 5.82 Å². The van der Waals surface area contributed by atoms with Crippen LogP contribution in [0.2, 0.25) is 0 Å². The zero-order valence-corrected chi connectivity index (χ0v) is 8.31. The molecule has 1 aromatic heterocycles. The molecule has 78 valence electrons. The van der Waals surface area contributed by atoms with Crippen molar-refractivity contribution in [3.63, 3.8) is 0 Å². The molecule has 0 aliphatic rings. The van der Waals surface area contributed by atoms with E-state index in [0.29, 0.717) is 19.0 Å². The van der Waals surface area contributed by atoms with Crippen LogP contribution in [0, 0.1) is 0 Å². The number of nitrogens with two attached hydrogens (primary N) is 2. The van der Waals surface area contributed by atoms with Crippen molar-refractivity contribution in [2.75, 3.05) is 18.9 Å². The first-order valence-corrected chi connectivity index (χ1v) is 4.79. The summed E-state index contributed by atoms with van der Waals surface area (Å²) in [6, 6.07) is 9.36. The molecule has 0 amide bonds. The summed E-state index contributed by atoms with van der Waals surface area (Å²) in [4.78, 5) is 4.21. The third kappa shape index (κ3) is 1.99. The van der Waals surface area contributed by atoms with Gasteiger partial charge in [0.25, 0.3) is 0 Å². The monoisotopic (exact) mass is 203 g/mol. The SMILES string of the molecule is NCCOc1cccc2nc(N)ccc12. The maximum atomic E-state index is 5.60. The highest BCUT2D eigenvalue weighted by Crippen LogP contribution is 2.24. The van der Waals surface area contributed by atoms with E-state index in [0.717, 1.165) is 16.7 Å². The van der Waals surface area contributed by atoms with Gasteiger partial charge in [0.2, 0.25) is 0 Å². The van der Waals surface area contributed by atoms with E-state index in [4.69, 9.17) is 16.2 Å². The quantitative estimate of drug-likeness (QED) is 0.784. The molecule has 2 rings (SSSR count). The van der Waals surface area contributed by atoms with E-state index in [1.807, 2.05) is 24.3 Å². The van der Waals surface area contributed by atoms with Gasteiger partial charge in [-0.25, -0.2) is 4.98 Å². The predicted molar refractivity (Wildman–Crippen MR) is 60.7 cm³/mol. The molecule has 4 N–H and O–H groups in total. The number of benzene rings is 1. The largest absolute Gasteiger partial charge is 0.492 e. The van der Waals surface area contributed by atoms with Gasteiger partial charge in [-0.05, 0) is 24.3 Å². The molecular formula is C11H13N3O. The Morgan fingerprint density at radius 3 is 2.87 bits per heavy atom. The summed E-state index contributed by atoms with van der Waals surface area (Å²) in [5.74, 6) is 1.31. The summed E-state index contributed by atoms with van der Waals surface area (Å²) in [6.07, 6.45) is 0. The minimum absolute atomic E-state index is 0.499. The lowest BCUT2D eigenvalue weighted by molar-refractivity contribution is 0.332. The standard InChI is InChI=1S/C11H13N3O/c12-6-7-15-10-3-1-2-9-8(10)4-5-11(13)14-9/h1-5H,6-7,12H2,(H2,13,14). The van der Waals surface area contributed by atoms with Crippen LogP contribution in [0.1, 0.15) is 0 Å². The van der Waals surface area contributed by atoms with Gasteiger partial charge in [0.15, 0.2) is 0 Å². The van der Waals surface area contributed by atoms with Crippen molar-refractivity contribution in [1.82, 2.24) is 4.98 Å². The molecule has 15 heavy (non-hydrogen) atoms. The minimum atomic E-state index is 0.499. The lowest BCUT2D eigenvalue weighted by Crippen LogP contribution is -2.10. The summed E-state index contributed by atoms with van der Waals surface area (Å²) >= 11 is 0. The maximum absolute atomic E-state index is 5.60. The minimum Gasteiger partial charge on any atom is -0.492 e. The van der Waals surface area contributed by atoms with E-state index >= 15 is 0 Å². The smallest absolute Gasteiger partial charge is 0.128 e. The number of hydrogen-bond donors (Lipinski definition) is 2. The second-order valence-corrected chi connectivity index (χ2v) is 3.20. The molecule has 0 aliphatic heterocycles. The fourth-order valence-electron chi connectivity index (χ4n) is 1.44. The molecule has 0 bridgehead atoms. The normalized spacial score (nSPS) is 10.5. The topological polar surface area (TPSA) is 74.2 Å². The number of pyridine rings is 1. The van der Waals surface area contributed by atoms with E-state index in [1.165, 1.54) is 0 Å². The first kappa shape index (κ1) is 9.73. The third-order valence-corrected chi connectivity index (χ3v) is 2.09. The Kier molecular flexibility index (Phi) is 2.69. The maximum Gasteiger partial charge on any atom is 0.128 e. The Hall–Kier alpha value is -1.81. The first-order valence-electron chi connectivity index (χ1n) is 4.79. The number of fused-ring (bicyclic) bond motifs is 1. The number of anilines is 1. The molecule has 0 aliphatic carbocycles. The molecule has 0 spiro atoms. The van der Waals surface area contributed by atoms with Crippen LogP contribution in [0.5, 0.6) is 5.75 Å².